The number of rotatable bonds is 6. The molecule has 116 valence electrons. The molecule has 2 atom stereocenters. The normalized spacial score (nSPS) is 19.0. The van der Waals surface area contributed by atoms with Gasteiger partial charge >= 0.3 is 0 Å². The maximum absolute atomic E-state index is 12.1. The maximum Gasteiger partial charge on any atom is 0.234 e. The average Bonchev–Trinajstić information content (AvgIpc) is 2.67. The summed E-state index contributed by atoms with van der Waals surface area (Å²) in [4.78, 5) is 12.1. The molecule has 0 aliphatic carbocycles. The molecule has 0 spiro atoms. The molecule has 0 aromatic heterocycles. The lowest BCUT2D eigenvalue weighted by molar-refractivity contribution is -0.119. The van der Waals surface area contributed by atoms with E-state index in [0.29, 0.717) is 12.0 Å². The van der Waals surface area contributed by atoms with E-state index in [2.05, 4.69) is 49.6 Å². The molecule has 0 saturated carbocycles. The van der Waals surface area contributed by atoms with Crippen LogP contribution in [0.2, 0.25) is 0 Å². The standard InChI is InChI=1S/C18H28N2O/c1-6-8-12(3)16(19-7-2)13-9-10-15-14(11-13)18(4,5)17(21)20-15/h9-12,16,19H,6-8H2,1-5H3,(H,20,21). The van der Waals surface area contributed by atoms with Crippen molar-refractivity contribution >= 4 is 11.6 Å². The van der Waals surface area contributed by atoms with Crippen LogP contribution in [0.4, 0.5) is 5.69 Å². The minimum atomic E-state index is -0.434. The Balaban J connectivity index is 2.36. The Kier molecular flexibility index (Phi) is 4.72. The van der Waals surface area contributed by atoms with Crippen molar-refractivity contribution in [3.63, 3.8) is 0 Å². The van der Waals surface area contributed by atoms with Gasteiger partial charge in [-0.3, -0.25) is 4.79 Å². The molecule has 0 saturated heterocycles. The SMILES string of the molecule is CCCC(C)C(NCC)c1ccc2c(c1)C(C)(C)C(=O)N2. The Morgan fingerprint density at radius 2 is 2.00 bits per heavy atom. The van der Waals surface area contributed by atoms with E-state index < -0.39 is 5.41 Å². The zero-order valence-corrected chi connectivity index (χ0v) is 13.9. The Morgan fingerprint density at radius 1 is 1.29 bits per heavy atom. The molecule has 1 aromatic carbocycles. The molecule has 0 radical (unpaired) electrons. The van der Waals surface area contributed by atoms with Gasteiger partial charge in [-0.1, -0.05) is 39.3 Å². The Hall–Kier alpha value is -1.35. The van der Waals surface area contributed by atoms with Crippen molar-refractivity contribution in [1.29, 1.82) is 0 Å². The zero-order valence-electron chi connectivity index (χ0n) is 13.9. The summed E-state index contributed by atoms with van der Waals surface area (Å²) in [5.74, 6) is 0.678. The fourth-order valence-corrected chi connectivity index (χ4v) is 3.27. The van der Waals surface area contributed by atoms with Crippen molar-refractivity contribution in [3.05, 3.63) is 29.3 Å². The third kappa shape index (κ3) is 2.98. The lowest BCUT2D eigenvalue weighted by atomic mass is 9.83. The number of benzene rings is 1. The van der Waals surface area contributed by atoms with Gasteiger partial charge in [-0.15, -0.1) is 0 Å². The highest BCUT2D eigenvalue weighted by Crippen LogP contribution is 2.39. The van der Waals surface area contributed by atoms with Crippen molar-refractivity contribution < 1.29 is 4.79 Å². The molecule has 2 unspecified atom stereocenters. The smallest absolute Gasteiger partial charge is 0.234 e. The van der Waals surface area contributed by atoms with E-state index >= 15 is 0 Å². The third-order valence-electron chi connectivity index (χ3n) is 4.63. The van der Waals surface area contributed by atoms with Crippen LogP contribution < -0.4 is 10.6 Å². The second kappa shape index (κ2) is 6.18. The lowest BCUT2D eigenvalue weighted by Gasteiger charge is -2.26. The summed E-state index contributed by atoms with van der Waals surface area (Å²) in [6.45, 7) is 11.6. The summed E-state index contributed by atoms with van der Waals surface area (Å²) in [7, 11) is 0. The number of fused-ring (bicyclic) bond motifs is 1. The number of anilines is 1. The number of carbonyl (C=O) groups excluding carboxylic acids is 1. The van der Waals surface area contributed by atoms with Crippen LogP contribution in [-0.2, 0) is 10.2 Å². The van der Waals surface area contributed by atoms with Crippen molar-refractivity contribution in [3.8, 4) is 0 Å². The summed E-state index contributed by atoms with van der Waals surface area (Å²) in [6, 6.07) is 6.78. The molecule has 1 amide bonds. The van der Waals surface area contributed by atoms with E-state index in [1.165, 1.54) is 18.4 Å². The second-order valence-corrected chi connectivity index (χ2v) is 6.69. The highest BCUT2D eigenvalue weighted by Gasteiger charge is 2.38. The number of carbonyl (C=O) groups is 1. The molecule has 21 heavy (non-hydrogen) atoms. The van der Waals surface area contributed by atoms with E-state index in [9.17, 15) is 4.79 Å². The van der Waals surface area contributed by atoms with Crippen molar-refractivity contribution in [2.75, 3.05) is 11.9 Å². The lowest BCUT2D eigenvalue weighted by Crippen LogP contribution is -2.28. The summed E-state index contributed by atoms with van der Waals surface area (Å²) in [6.07, 6.45) is 2.40. The molecule has 1 aliphatic heterocycles. The maximum atomic E-state index is 12.1. The molecule has 3 nitrogen and oxygen atoms in total. The number of hydrogen-bond donors (Lipinski definition) is 2. The van der Waals surface area contributed by atoms with Crippen molar-refractivity contribution in [2.45, 2.75) is 58.9 Å². The molecule has 1 heterocycles. The van der Waals surface area contributed by atoms with E-state index in [4.69, 9.17) is 0 Å². The fourth-order valence-electron chi connectivity index (χ4n) is 3.27. The first-order chi connectivity index (χ1) is 9.91. The Bertz CT molecular complexity index is 522. The van der Waals surface area contributed by atoms with Crippen LogP contribution in [0.25, 0.3) is 0 Å². The van der Waals surface area contributed by atoms with Crippen LogP contribution in [0, 0.1) is 5.92 Å². The quantitative estimate of drug-likeness (QED) is 0.830. The van der Waals surface area contributed by atoms with Crippen molar-refractivity contribution in [1.82, 2.24) is 5.32 Å². The van der Waals surface area contributed by atoms with E-state index in [0.717, 1.165) is 17.8 Å². The summed E-state index contributed by atoms with van der Waals surface area (Å²) >= 11 is 0. The largest absolute Gasteiger partial charge is 0.325 e. The van der Waals surface area contributed by atoms with Crippen LogP contribution in [0.5, 0.6) is 0 Å². The van der Waals surface area contributed by atoms with Gasteiger partial charge in [0, 0.05) is 11.7 Å². The van der Waals surface area contributed by atoms with Gasteiger partial charge in [-0.05, 0) is 49.9 Å². The summed E-state index contributed by atoms with van der Waals surface area (Å²) < 4.78 is 0. The first-order valence-corrected chi connectivity index (χ1v) is 8.11. The van der Waals surface area contributed by atoms with Gasteiger partial charge in [0.2, 0.25) is 5.91 Å². The zero-order chi connectivity index (χ0) is 15.6. The predicted molar refractivity (Wildman–Crippen MR) is 88.6 cm³/mol. The van der Waals surface area contributed by atoms with Gasteiger partial charge in [0.15, 0.2) is 0 Å². The number of amides is 1. The van der Waals surface area contributed by atoms with Gasteiger partial charge < -0.3 is 10.6 Å². The van der Waals surface area contributed by atoms with Crippen LogP contribution in [0.15, 0.2) is 18.2 Å². The number of nitrogens with one attached hydrogen (secondary N) is 2. The van der Waals surface area contributed by atoms with Crippen molar-refractivity contribution in [2.24, 2.45) is 5.92 Å². The predicted octanol–water partition coefficient (Wildman–Crippen LogP) is 4.00. The van der Waals surface area contributed by atoms with Gasteiger partial charge in [0.05, 0.1) is 5.41 Å². The molecule has 1 aromatic rings. The first-order valence-electron chi connectivity index (χ1n) is 8.11. The first kappa shape index (κ1) is 16.0. The molecule has 0 fully saturated rings. The van der Waals surface area contributed by atoms with E-state index in [1.807, 2.05) is 13.8 Å². The van der Waals surface area contributed by atoms with Crippen LogP contribution >= 0.6 is 0 Å². The minimum Gasteiger partial charge on any atom is -0.325 e. The topological polar surface area (TPSA) is 41.1 Å². The molecule has 2 rings (SSSR count). The summed E-state index contributed by atoms with van der Waals surface area (Å²) in [5.41, 5.74) is 2.95. The fraction of sp³-hybridized carbons (Fsp3) is 0.611. The van der Waals surface area contributed by atoms with Gasteiger partial charge in [0.25, 0.3) is 0 Å². The van der Waals surface area contributed by atoms with Crippen LogP contribution in [0.3, 0.4) is 0 Å². The molecule has 2 N–H and O–H groups in total. The minimum absolute atomic E-state index is 0.0938. The molecule has 1 aliphatic rings. The Labute approximate surface area is 128 Å². The van der Waals surface area contributed by atoms with Gasteiger partial charge in [-0.25, -0.2) is 0 Å². The molecule has 3 heteroatoms. The van der Waals surface area contributed by atoms with Crippen LogP contribution in [-0.4, -0.2) is 12.5 Å². The van der Waals surface area contributed by atoms with E-state index in [-0.39, 0.29) is 5.91 Å². The summed E-state index contributed by atoms with van der Waals surface area (Å²) in [5, 5.41) is 6.59. The molecular weight excluding hydrogens is 260 g/mol. The average molecular weight is 288 g/mol. The monoisotopic (exact) mass is 288 g/mol. The number of hydrogen-bond acceptors (Lipinski definition) is 2. The Morgan fingerprint density at radius 3 is 2.62 bits per heavy atom. The van der Waals surface area contributed by atoms with Crippen LogP contribution in [0.1, 0.15) is 64.6 Å². The second-order valence-electron chi connectivity index (χ2n) is 6.69. The van der Waals surface area contributed by atoms with Gasteiger partial charge in [0.1, 0.15) is 0 Å². The third-order valence-corrected chi connectivity index (χ3v) is 4.63. The highest BCUT2D eigenvalue weighted by molar-refractivity contribution is 6.05. The molecular formula is C18H28N2O. The highest BCUT2D eigenvalue weighted by atomic mass is 16.2. The van der Waals surface area contributed by atoms with E-state index in [1.54, 1.807) is 0 Å². The van der Waals surface area contributed by atoms with Gasteiger partial charge in [-0.2, -0.15) is 0 Å². The molecule has 0 bridgehead atoms.